The van der Waals surface area contributed by atoms with Gasteiger partial charge in [-0.05, 0) is 31.0 Å². The van der Waals surface area contributed by atoms with Crippen molar-refractivity contribution in [1.82, 2.24) is 4.98 Å². The SMILES string of the molecule is Cc1ccnc(C)c1CN.Cl. The predicted octanol–water partition coefficient (Wildman–Crippen LogP) is 1.58. The zero-order valence-corrected chi connectivity index (χ0v) is 7.61. The fourth-order valence-corrected chi connectivity index (χ4v) is 1.03. The molecule has 1 rings (SSSR count). The molecule has 0 fully saturated rings. The van der Waals surface area contributed by atoms with Crippen LogP contribution < -0.4 is 5.73 Å². The molecule has 3 heteroatoms. The Morgan fingerprint density at radius 2 is 2.09 bits per heavy atom. The first kappa shape index (κ1) is 10.4. The van der Waals surface area contributed by atoms with E-state index in [1.54, 1.807) is 0 Å². The van der Waals surface area contributed by atoms with E-state index in [0.29, 0.717) is 6.54 Å². The molecule has 0 bridgehead atoms. The van der Waals surface area contributed by atoms with E-state index in [9.17, 15) is 0 Å². The minimum Gasteiger partial charge on any atom is -0.326 e. The molecule has 0 unspecified atom stereocenters. The minimum absolute atomic E-state index is 0. The highest BCUT2D eigenvalue weighted by Gasteiger charge is 1.98. The number of nitrogens with two attached hydrogens (primary N) is 1. The van der Waals surface area contributed by atoms with Gasteiger partial charge in [0.2, 0.25) is 0 Å². The van der Waals surface area contributed by atoms with E-state index in [1.807, 2.05) is 19.2 Å². The fourth-order valence-electron chi connectivity index (χ4n) is 1.03. The maximum atomic E-state index is 5.51. The van der Waals surface area contributed by atoms with Crippen LogP contribution in [-0.4, -0.2) is 4.98 Å². The van der Waals surface area contributed by atoms with Gasteiger partial charge in [0.25, 0.3) is 0 Å². The Labute approximate surface area is 73.2 Å². The Bertz CT molecular complexity index is 215. The van der Waals surface area contributed by atoms with Crippen LogP contribution in [0, 0.1) is 13.8 Å². The molecule has 0 spiro atoms. The molecule has 0 atom stereocenters. The van der Waals surface area contributed by atoms with E-state index in [2.05, 4.69) is 11.9 Å². The highest BCUT2D eigenvalue weighted by Crippen LogP contribution is 2.08. The van der Waals surface area contributed by atoms with Gasteiger partial charge in [-0.2, -0.15) is 0 Å². The van der Waals surface area contributed by atoms with Crippen LogP contribution in [0.1, 0.15) is 16.8 Å². The lowest BCUT2D eigenvalue weighted by Gasteiger charge is -2.03. The normalized spacial score (nSPS) is 9.00. The molecule has 11 heavy (non-hydrogen) atoms. The number of hydrogen-bond donors (Lipinski definition) is 1. The molecular weight excluding hydrogens is 160 g/mol. The second kappa shape index (κ2) is 4.31. The molecule has 1 aromatic rings. The van der Waals surface area contributed by atoms with Gasteiger partial charge in [-0.1, -0.05) is 0 Å². The predicted molar refractivity (Wildman–Crippen MR) is 48.9 cm³/mol. The van der Waals surface area contributed by atoms with Crippen molar-refractivity contribution in [2.24, 2.45) is 5.73 Å². The molecule has 0 amide bonds. The summed E-state index contributed by atoms with van der Waals surface area (Å²) in [6, 6.07) is 1.98. The number of aryl methyl sites for hydroxylation is 2. The van der Waals surface area contributed by atoms with Crippen molar-refractivity contribution >= 4 is 12.4 Å². The third-order valence-electron chi connectivity index (χ3n) is 1.71. The summed E-state index contributed by atoms with van der Waals surface area (Å²) < 4.78 is 0. The molecule has 2 nitrogen and oxygen atoms in total. The summed E-state index contributed by atoms with van der Waals surface area (Å²) in [6.45, 7) is 4.62. The smallest absolute Gasteiger partial charge is 0.0420 e. The van der Waals surface area contributed by atoms with Crippen molar-refractivity contribution in [1.29, 1.82) is 0 Å². The molecule has 0 radical (unpaired) electrons. The van der Waals surface area contributed by atoms with Crippen molar-refractivity contribution in [2.45, 2.75) is 20.4 Å². The average Bonchev–Trinajstić information content (AvgIpc) is 1.88. The van der Waals surface area contributed by atoms with E-state index in [0.717, 1.165) is 5.69 Å². The van der Waals surface area contributed by atoms with E-state index >= 15 is 0 Å². The summed E-state index contributed by atoms with van der Waals surface area (Å²) in [4.78, 5) is 4.13. The largest absolute Gasteiger partial charge is 0.326 e. The van der Waals surface area contributed by atoms with Crippen LogP contribution in [0.25, 0.3) is 0 Å². The summed E-state index contributed by atoms with van der Waals surface area (Å²) in [5.41, 5.74) is 8.96. The van der Waals surface area contributed by atoms with Gasteiger partial charge < -0.3 is 5.73 Å². The number of halogens is 1. The molecule has 0 aliphatic rings. The molecular formula is C8H13ClN2. The Balaban J connectivity index is 0.000001000. The summed E-state index contributed by atoms with van der Waals surface area (Å²) >= 11 is 0. The number of aromatic nitrogens is 1. The van der Waals surface area contributed by atoms with E-state index in [4.69, 9.17) is 5.73 Å². The number of rotatable bonds is 1. The topological polar surface area (TPSA) is 38.9 Å². The van der Waals surface area contributed by atoms with Gasteiger partial charge in [-0.25, -0.2) is 0 Å². The van der Waals surface area contributed by atoms with Gasteiger partial charge in [-0.15, -0.1) is 12.4 Å². The van der Waals surface area contributed by atoms with E-state index < -0.39 is 0 Å². The molecule has 0 saturated carbocycles. The second-order valence-corrected chi connectivity index (χ2v) is 2.40. The molecule has 2 N–H and O–H groups in total. The van der Waals surface area contributed by atoms with Crippen molar-refractivity contribution in [3.63, 3.8) is 0 Å². The maximum Gasteiger partial charge on any atom is 0.0420 e. The fraction of sp³-hybridized carbons (Fsp3) is 0.375. The van der Waals surface area contributed by atoms with Crippen LogP contribution in [0.15, 0.2) is 12.3 Å². The van der Waals surface area contributed by atoms with Crippen LogP contribution in [0.5, 0.6) is 0 Å². The minimum atomic E-state index is 0. The lowest BCUT2D eigenvalue weighted by Crippen LogP contribution is -2.02. The van der Waals surface area contributed by atoms with Crippen molar-refractivity contribution < 1.29 is 0 Å². The standard InChI is InChI=1S/C8H12N2.ClH/c1-6-3-4-10-7(2)8(6)5-9;/h3-4H,5,9H2,1-2H3;1H. The van der Waals surface area contributed by atoms with Crippen LogP contribution in [0.3, 0.4) is 0 Å². The Kier molecular flexibility index (Phi) is 4.08. The Hall–Kier alpha value is -0.600. The molecule has 62 valence electrons. The van der Waals surface area contributed by atoms with E-state index in [-0.39, 0.29) is 12.4 Å². The lowest BCUT2D eigenvalue weighted by atomic mass is 10.1. The van der Waals surface area contributed by atoms with Gasteiger partial charge in [0.1, 0.15) is 0 Å². The van der Waals surface area contributed by atoms with Gasteiger partial charge in [-0.3, -0.25) is 4.98 Å². The Morgan fingerprint density at radius 1 is 1.45 bits per heavy atom. The summed E-state index contributed by atoms with van der Waals surface area (Å²) in [5, 5.41) is 0. The molecule has 0 saturated heterocycles. The first-order valence-electron chi connectivity index (χ1n) is 3.37. The highest BCUT2D eigenvalue weighted by atomic mass is 35.5. The average molecular weight is 173 g/mol. The summed E-state index contributed by atoms with van der Waals surface area (Å²) in [6.07, 6.45) is 1.81. The molecule has 1 aromatic heterocycles. The zero-order valence-electron chi connectivity index (χ0n) is 6.79. The quantitative estimate of drug-likeness (QED) is 0.699. The van der Waals surface area contributed by atoms with Gasteiger partial charge in [0.15, 0.2) is 0 Å². The number of pyridine rings is 1. The van der Waals surface area contributed by atoms with Gasteiger partial charge in [0, 0.05) is 18.4 Å². The third kappa shape index (κ3) is 2.17. The second-order valence-electron chi connectivity index (χ2n) is 2.40. The van der Waals surface area contributed by atoms with Gasteiger partial charge >= 0.3 is 0 Å². The van der Waals surface area contributed by atoms with Crippen LogP contribution in [-0.2, 0) is 6.54 Å². The van der Waals surface area contributed by atoms with E-state index in [1.165, 1.54) is 11.1 Å². The first-order valence-corrected chi connectivity index (χ1v) is 3.37. The summed E-state index contributed by atoms with van der Waals surface area (Å²) in [7, 11) is 0. The van der Waals surface area contributed by atoms with Crippen LogP contribution >= 0.6 is 12.4 Å². The molecule has 0 aliphatic carbocycles. The molecule has 0 aromatic carbocycles. The number of hydrogen-bond acceptors (Lipinski definition) is 2. The lowest BCUT2D eigenvalue weighted by molar-refractivity contribution is 0.987. The highest BCUT2D eigenvalue weighted by molar-refractivity contribution is 5.85. The van der Waals surface area contributed by atoms with Crippen molar-refractivity contribution in [2.75, 3.05) is 0 Å². The summed E-state index contributed by atoms with van der Waals surface area (Å²) in [5.74, 6) is 0. The van der Waals surface area contributed by atoms with Crippen molar-refractivity contribution in [3.8, 4) is 0 Å². The maximum absolute atomic E-state index is 5.51. The molecule has 0 aliphatic heterocycles. The Morgan fingerprint density at radius 3 is 2.45 bits per heavy atom. The first-order chi connectivity index (χ1) is 4.75. The van der Waals surface area contributed by atoms with Gasteiger partial charge in [0.05, 0.1) is 0 Å². The van der Waals surface area contributed by atoms with Crippen LogP contribution in [0.4, 0.5) is 0 Å². The number of nitrogens with zero attached hydrogens (tertiary/aromatic N) is 1. The van der Waals surface area contributed by atoms with Crippen LogP contribution in [0.2, 0.25) is 0 Å². The third-order valence-corrected chi connectivity index (χ3v) is 1.71. The zero-order chi connectivity index (χ0) is 7.56. The molecule has 1 heterocycles. The monoisotopic (exact) mass is 172 g/mol. The van der Waals surface area contributed by atoms with Crippen molar-refractivity contribution in [3.05, 3.63) is 29.1 Å².